The van der Waals surface area contributed by atoms with E-state index in [0.29, 0.717) is 0 Å². The molecule has 2 aromatic heterocycles. The van der Waals surface area contributed by atoms with Gasteiger partial charge in [-0.15, -0.1) is 0 Å². The van der Waals surface area contributed by atoms with Crippen LogP contribution in [0, 0.1) is 6.92 Å². The summed E-state index contributed by atoms with van der Waals surface area (Å²) in [6, 6.07) is 2.08. The molecule has 0 amide bonds. The molecule has 0 fully saturated rings. The molecular formula is C13H22N2. The summed E-state index contributed by atoms with van der Waals surface area (Å²) in [7, 11) is 2.05. The average molecular weight is 206 g/mol. The van der Waals surface area contributed by atoms with Gasteiger partial charge in [0.2, 0.25) is 0 Å². The third-order valence-electron chi connectivity index (χ3n) is 1.96. The van der Waals surface area contributed by atoms with Crippen molar-refractivity contribution in [2.24, 2.45) is 7.05 Å². The molecule has 15 heavy (non-hydrogen) atoms. The maximum atomic E-state index is 4.11. The molecule has 0 aliphatic heterocycles. The number of aromatic nitrogens is 2. The molecule has 0 saturated carbocycles. The predicted molar refractivity (Wildman–Crippen MR) is 68.1 cm³/mol. The Bertz CT molecular complexity index is 388. The Labute approximate surface area is 93.0 Å². The topological polar surface area (TPSA) is 17.8 Å². The molecule has 0 aliphatic rings. The summed E-state index contributed by atoms with van der Waals surface area (Å²) in [4.78, 5) is 4.11. The molecule has 0 bridgehead atoms. The minimum atomic E-state index is 1.22. The van der Waals surface area contributed by atoms with Gasteiger partial charge in [-0.3, -0.25) is 4.98 Å². The van der Waals surface area contributed by atoms with Crippen molar-refractivity contribution in [1.29, 1.82) is 0 Å². The van der Waals surface area contributed by atoms with Crippen LogP contribution in [0.25, 0.3) is 10.9 Å². The van der Waals surface area contributed by atoms with Crippen molar-refractivity contribution in [3.63, 3.8) is 0 Å². The first-order valence-electron chi connectivity index (χ1n) is 5.64. The van der Waals surface area contributed by atoms with Gasteiger partial charge in [-0.2, -0.15) is 0 Å². The number of hydrogen-bond donors (Lipinski definition) is 0. The standard InChI is InChI=1S/C9H10N2.2C2H6/c1-7-5-10-6-8-3-4-11(2)9(7)8;2*1-2/h3-6H,1-2H3;2*1-2H3. The predicted octanol–water partition coefficient (Wildman–Crippen LogP) is 3.93. The SMILES string of the molecule is CC.CC.Cc1cncc2ccn(C)c12. The molecule has 2 rings (SSSR count). The highest BCUT2D eigenvalue weighted by atomic mass is 14.9. The fraction of sp³-hybridized carbons (Fsp3) is 0.462. The summed E-state index contributed by atoms with van der Waals surface area (Å²) < 4.78 is 2.12. The maximum absolute atomic E-state index is 4.11. The van der Waals surface area contributed by atoms with E-state index in [-0.39, 0.29) is 0 Å². The van der Waals surface area contributed by atoms with E-state index in [2.05, 4.69) is 35.8 Å². The first-order chi connectivity index (χ1) is 7.29. The summed E-state index contributed by atoms with van der Waals surface area (Å²) >= 11 is 0. The number of aryl methyl sites for hydroxylation is 2. The number of pyridine rings is 1. The highest BCUT2D eigenvalue weighted by molar-refractivity contribution is 5.81. The highest BCUT2D eigenvalue weighted by Gasteiger charge is 1.99. The van der Waals surface area contributed by atoms with Crippen LogP contribution in [0.5, 0.6) is 0 Å². The minimum Gasteiger partial charge on any atom is -0.350 e. The quantitative estimate of drug-likeness (QED) is 0.638. The van der Waals surface area contributed by atoms with E-state index in [1.807, 2.05) is 40.1 Å². The van der Waals surface area contributed by atoms with Crippen molar-refractivity contribution in [2.75, 3.05) is 0 Å². The zero-order chi connectivity index (χ0) is 11.8. The van der Waals surface area contributed by atoms with Gasteiger partial charge in [0.1, 0.15) is 0 Å². The lowest BCUT2D eigenvalue weighted by Crippen LogP contribution is -1.87. The van der Waals surface area contributed by atoms with Gasteiger partial charge >= 0.3 is 0 Å². The van der Waals surface area contributed by atoms with Crippen LogP contribution >= 0.6 is 0 Å². The fourth-order valence-electron chi connectivity index (χ4n) is 1.45. The van der Waals surface area contributed by atoms with Gasteiger partial charge < -0.3 is 4.57 Å². The van der Waals surface area contributed by atoms with Crippen LogP contribution in [-0.4, -0.2) is 9.55 Å². The van der Waals surface area contributed by atoms with Crippen LogP contribution in [0.1, 0.15) is 33.3 Å². The van der Waals surface area contributed by atoms with Gasteiger partial charge in [0.25, 0.3) is 0 Å². The smallest absolute Gasteiger partial charge is 0.0538 e. The summed E-state index contributed by atoms with van der Waals surface area (Å²) in [6.45, 7) is 10.1. The second-order valence-electron chi connectivity index (χ2n) is 2.82. The Kier molecular flexibility index (Phi) is 6.43. The molecule has 0 radical (unpaired) electrons. The van der Waals surface area contributed by atoms with Crippen LogP contribution in [-0.2, 0) is 7.05 Å². The van der Waals surface area contributed by atoms with Gasteiger partial charge in [-0.25, -0.2) is 0 Å². The van der Waals surface area contributed by atoms with E-state index in [1.54, 1.807) is 0 Å². The number of nitrogens with zero attached hydrogens (tertiary/aromatic N) is 2. The Balaban J connectivity index is 0.000000442. The molecule has 0 saturated heterocycles. The van der Waals surface area contributed by atoms with E-state index in [4.69, 9.17) is 0 Å². The number of hydrogen-bond acceptors (Lipinski definition) is 1. The molecule has 0 N–H and O–H groups in total. The van der Waals surface area contributed by atoms with Gasteiger partial charge in [0.05, 0.1) is 5.52 Å². The van der Waals surface area contributed by atoms with Crippen molar-refractivity contribution in [2.45, 2.75) is 34.6 Å². The van der Waals surface area contributed by atoms with Crippen molar-refractivity contribution in [1.82, 2.24) is 9.55 Å². The van der Waals surface area contributed by atoms with Crippen molar-refractivity contribution < 1.29 is 0 Å². The van der Waals surface area contributed by atoms with Crippen molar-refractivity contribution in [3.8, 4) is 0 Å². The molecule has 2 heterocycles. The zero-order valence-corrected chi connectivity index (χ0v) is 10.7. The highest BCUT2D eigenvalue weighted by Crippen LogP contribution is 2.16. The number of fused-ring (bicyclic) bond motifs is 1. The second-order valence-corrected chi connectivity index (χ2v) is 2.82. The van der Waals surface area contributed by atoms with Crippen LogP contribution < -0.4 is 0 Å². The molecule has 2 aromatic rings. The maximum Gasteiger partial charge on any atom is 0.0538 e. The van der Waals surface area contributed by atoms with Gasteiger partial charge in [0, 0.05) is 31.0 Å². The lowest BCUT2D eigenvalue weighted by atomic mass is 10.2. The summed E-state index contributed by atoms with van der Waals surface area (Å²) in [6.07, 6.45) is 5.84. The first-order valence-corrected chi connectivity index (χ1v) is 5.64. The van der Waals surface area contributed by atoms with E-state index >= 15 is 0 Å². The second kappa shape index (κ2) is 7.04. The summed E-state index contributed by atoms with van der Waals surface area (Å²) in [5.41, 5.74) is 2.51. The van der Waals surface area contributed by atoms with Crippen LogP contribution in [0.4, 0.5) is 0 Å². The van der Waals surface area contributed by atoms with E-state index < -0.39 is 0 Å². The summed E-state index contributed by atoms with van der Waals surface area (Å²) in [5.74, 6) is 0. The molecule has 2 heteroatoms. The minimum absolute atomic E-state index is 1.22. The lowest BCUT2D eigenvalue weighted by Gasteiger charge is -1.98. The lowest BCUT2D eigenvalue weighted by molar-refractivity contribution is 0.962. The third-order valence-corrected chi connectivity index (χ3v) is 1.96. The Morgan fingerprint density at radius 3 is 2.20 bits per heavy atom. The molecule has 2 nitrogen and oxygen atoms in total. The summed E-state index contributed by atoms with van der Waals surface area (Å²) in [5, 5.41) is 1.22. The van der Waals surface area contributed by atoms with E-state index in [1.165, 1.54) is 16.5 Å². The molecule has 84 valence electrons. The van der Waals surface area contributed by atoms with Gasteiger partial charge in [0.15, 0.2) is 0 Å². The van der Waals surface area contributed by atoms with Crippen molar-refractivity contribution in [3.05, 3.63) is 30.2 Å². The van der Waals surface area contributed by atoms with Crippen LogP contribution in [0.3, 0.4) is 0 Å². The molecule has 0 aliphatic carbocycles. The van der Waals surface area contributed by atoms with Gasteiger partial charge in [-0.05, 0) is 18.6 Å². The molecule has 0 unspecified atom stereocenters. The zero-order valence-electron chi connectivity index (χ0n) is 10.7. The van der Waals surface area contributed by atoms with E-state index in [9.17, 15) is 0 Å². The molecule has 0 aromatic carbocycles. The monoisotopic (exact) mass is 206 g/mol. The Morgan fingerprint density at radius 2 is 1.67 bits per heavy atom. The van der Waals surface area contributed by atoms with Gasteiger partial charge in [-0.1, -0.05) is 27.7 Å². The normalized spacial score (nSPS) is 8.67. The van der Waals surface area contributed by atoms with E-state index in [0.717, 1.165) is 0 Å². The fourth-order valence-corrected chi connectivity index (χ4v) is 1.45. The molecule has 0 atom stereocenters. The Morgan fingerprint density at radius 1 is 1.07 bits per heavy atom. The average Bonchev–Trinajstić information content (AvgIpc) is 2.68. The first kappa shape index (κ1) is 13.7. The largest absolute Gasteiger partial charge is 0.350 e. The Hall–Kier alpha value is -1.31. The number of rotatable bonds is 0. The van der Waals surface area contributed by atoms with Crippen LogP contribution in [0.15, 0.2) is 24.7 Å². The molecule has 0 spiro atoms. The third kappa shape index (κ3) is 3.08. The van der Waals surface area contributed by atoms with Crippen molar-refractivity contribution >= 4 is 10.9 Å². The molecular weight excluding hydrogens is 184 g/mol. The van der Waals surface area contributed by atoms with Crippen LogP contribution in [0.2, 0.25) is 0 Å².